The molecule has 1 heterocycles. The molecule has 19 heavy (non-hydrogen) atoms. The van der Waals surface area contributed by atoms with Crippen LogP contribution in [0.3, 0.4) is 0 Å². The van der Waals surface area contributed by atoms with Crippen molar-refractivity contribution in [3.05, 3.63) is 23.8 Å². The largest absolute Gasteiger partial charge is 0.396 e. The second-order valence-electron chi connectivity index (χ2n) is 4.68. The Morgan fingerprint density at radius 3 is 2.37 bits per heavy atom. The van der Waals surface area contributed by atoms with Crippen molar-refractivity contribution in [2.75, 3.05) is 24.1 Å². The van der Waals surface area contributed by atoms with E-state index in [1.165, 1.54) is 0 Å². The molecule has 1 aromatic rings. The topological polar surface area (TPSA) is 58.4 Å². The Hall–Kier alpha value is -1.85. The van der Waals surface area contributed by atoms with Gasteiger partial charge in [0.15, 0.2) is 0 Å². The van der Waals surface area contributed by atoms with Crippen LogP contribution in [-0.4, -0.2) is 24.0 Å². The minimum absolute atomic E-state index is 0.0897. The molecule has 0 spiro atoms. The van der Waals surface area contributed by atoms with Crippen LogP contribution in [0.1, 0.15) is 25.7 Å². The fraction of sp³-hybridized carbons (Fsp3) is 0.462. The van der Waals surface area contributed by atoms with E-state index in [9.17, 15) is 13.6 Å². The standard InChI is InChI=1S/C13H17F2N3O/c14-9-7-10(15)12(8-11(9)16)17-13(19)18-5-3-1-2-4-6-18/h7-8H,1-6,16H2,(H,17,19). The molecule has 1 aliphatic heterocycles. The number of nitrogens with one attached hydrogen (secondary N) is 1. The number of amides is 2. The quantitative estimate of drug-likeness (QED) is 0.770. The van der Waals surface area contributed by atoms with Crippen molar-refractivity contribution in [3.63, 3.8) is 0 Å². The number of anilines is 2. The SMILES string of the molecule is Nc1cc(NC(=O)N2CCCCCC2)c(F)cc1F. The number of benzene rings is 1. The van der Waals surface area contributed by atoms with E-state index in [1.807, 2.05) is 0 Å². The van der Waals surface area contributed by atoms with E-state index in [1.54, 1.807) is 4.90 Å². The van der Waals surface area contributed by atoms with Gasteiger partial charge in [-0.3, -0.25) is 0 Å². The van der Waals surface area contributed by atoms with E-state index in [2.05, 4.69) is 5.32 Å². The first-order chi connectivity index (χ1) is 9.08. The maximum Gasteiger partial charge on any atom is 0.321 e. The molecule has 1 aromatic carbocycles. The van der Waals surface area contributed by atoms with E-state index >= 15 is 0 Å². The summed E-state index contributed by atoms with van der Waals surface area (Å²) in [5.41, 5.74) is 5.09. The molecule has 6 heteroatoms. The molecular weight excluding hydrogens is 252 g/mol. The van der Waals surface area contributed by atoms with Crippen molar-refractivity contribution in [3.8, 4) is 0 Å². The Labute approximate surface area is 110 Å². The maximum atomic E-state index is 13.5. The zero-order valence-corrected chi connectivity index (χ0v) is 10.6. The molecule has 0 saturated carbocycles. The normalized spacial score (nSPS) is 16.0. The van der Waals surface area contributed by atoms with Gasteiger partial charge < -0.3 is 16.0 Å². The molecule has 0 bridgehead atoms. The van der Waals surface area contributed by atoms with Gasteiger partial charge in [0.2, 0.25) is 0 Å². The Morgan fingerprint density at radius 1 is 1.11 bits per heavy atom. The summed E-state index contributed by atoms with van der Waals surface area (Å²) in [6.45, 7) is 1.31. The number of hydrogen-bond donors (Lipinski definition) is 2. The highest BCUT2D eigenvalue weighted by Gasteiger charge is 2.17. The monoisotopic (exact) mass is 269 g/mol. The van der Waals surface area contributed by atoms with Crippen LogP contribution in [-0.2, 0) is 0 Å². The number of nitrogen functional groups attached to an aromatic ring is 1. The summed E-state index contributed by atoms with van der Waals surface area (Å²) in [4.78, 5) is 13.6. The van der Waals surface area contributed by atoms with Crippen LogP contribution in [0.5, 0.6) is 0 Å². The number of rotatable bonds is 1. The van der Waals surface area contributed by atoms with Gasteiger partial charge in [0.1, 0.15) is 11.6 Å². The van der Waals surface area contributed by atoms with Crippen molar-refractivity contribution in [2.45, 2.75) is 25.7 Å². The van der Waals surface area contributed by atoms with Gasteiger partial charge in [-0.05, 0) is 18.9 Å². The molecular formula is C13H17F2N3O. The first-order valence-corrected chi connectivity index (χ1v) is 6.38. The molecule has 1 aliphatic rings. The number of likely N-dealkylation sites (tertiary alicyclic amines) is 1. The van der Waals surface area contributed by atoms with Crippen LogP contribution in [0, 0.1) is 11.6 Å². The van der Waals surface area contributed by atoms with Crippen LogP contribution in [0.4, 0.5) is 25.0 Å². The minimum Gasteiger partial charge on any atom is -0.396 e. The number of nitrogens with zero attached hydrogens (tertiary/aromatic N) is 1. The van der Waals surface area contributed by atoms with Gasteiger partial charge >= 0.3 is 6.03 Å². The fourth-order valence-corrected chi connectivity index (χ4v) is 2.13. The maximum absolute atomic E-state index is 13.5. The lowest BCUT2D eigenvalue weighted by molar-refractivity contribution is 0.213. The van der Waals surface area contributed by atoms with Gasteiger partial charge in [0, 0.05) is 19.2 Å². The summed E-state index contributed by atoms with van der Waals surface area (Å²) < 4.78 is 26.5. The fourth-order valence-electron chi connectivity index (χ4n) is 2.13. The Balaban J connectivity index is 2.07. The second kappa shape index (κ2) is 5.86. The summed E-state index contributed by atoms with van der Waals surface area (Å²) in [6, 6.07) is 1.40. The molecule has 0 unspecified atom stereocenters. The number of carbonyl (C=O) groups is 1. The highest BCUT2D eigenvalue weighted by atomic mass is 19.1. The van der Waals surface area contributed by atoms with Crippen LogP contribution in [0.2, 0.25) is 0 Å². The van der Waals surface area contributed by atoms with Crippen LogP contribution in [0.25, 0.3) is 0 Å². The molecule has 0 radical (unpaired) electrons. The average Bonchev–Trinajstić information content (AvgIpc) is 2.64. The third-order valence-electron chi connectivity index (χ3n) is 3.22. The summed E-state index contributed by atoms with van der Waals surface area (Å²) in [5, 5.41) is 2.44. The predicted molar refractivity (Wildman–Crippen MR) is 69.8 cm³/mol. The third-order valence-corrected chi connectivity index (χ3v) is 3.22. The van der Waals surface area contributed by atoms with Crippen molar-refractivity contribution < 1.29 is 13.6 Å². The molecule has 0 aromatic heterocycles. The number of halogens is 2. The lowest BCUT2D eigenvalue weighted by Crippen LogP contribution is -2.35. The first kappa shape index (κ1) is 13.6. The van der Waals surface area contributed by atoms with Gasteiger partial charge in [-0.2, -0.15) is 0 Å². The molecule has 1 saturated heterocycles. The third kappa shape index (κ3) is 3.33. The van der Waals surface area contributed by atoms with E-state index < -0.39 is 11.6 Å². The Bertz CT molecular complexity index is 471. The van der Waals surface area contributed by atoms with Crippen molar-refractivity contribution in [2.24, 2.45) is 0 Å². The summed E-state index contributed by atoms with van der Waals surface area (Å²) in [5.74, 6) is -1.65. The predicted octanol–water partition coefficient (Wildman–Crippen LogP) is 2.95. The van der Waals surface area contributed by atoms with Crippen molar-refractivity contribution in [1.29, 1.82) is 0 Å². The molecule has 104 valence electrons. The summed E-state index contributed by atoms with van der Waals surface area (Å²) in [6.07, 6.45) is 4.09. The van der Waals surface area contributed by atoms with Crippen LogP contribution >= 0.6 is 0 Å². The van der Waals surface area contributed by atoms with Gasteiger partial charge in [0.05, 0.1) is 11.4 Å². The molecule has 3 N–H and O–H groups in total. The molecule has 0 aliphatic carbocycles. The average molecular weight is 269 g/mol. The van der Waals surface area contributed by atoms with Gasteiger partial charge in [0.25, 0.3) is 0 Å². The number of carbonyl (C=O) groups excluding carboxylic acids is 1. The molecule has 2 rings (SSSR count). The van der Waals surface area contributed by atoms with E-state index in [0.717, 1.165) is 31.7 Å². The Morgan fingerprint density at radius 2 is 1.74 bits per heavy atom. The molecule has 1 fully saturated rings. The lowest BCUT2D eigenvalue weighted by atomic mass is 10.2. The molecule has 4 nitrogen and oxygen atoms in total. The first-order valence-electron chi connectivity index (χ1n) is 6.38. The highest BCUT2D eigenvalue weighted by Crippen LogP contribution is 2.21. The zero-order valence-electron chi connectivity index (χ0n) is 10.6. The summed E-state index contributed by atoms with van der Waals surface area (Å²) >= 11 is 0. The summed E-state index contributed by atoms with van der Waals surface area (Å²) in [7, 11) is 0. The van der Waals surface area contributed by atoms with E-state index in [0.29, 0.717) is 19.2 Å². The lowest BCUT2D eigenvalue weighted by Gasteiger charge is -2.21. The molecule has 2 amide bonds. The number of urea groups is 1. The van der Waals surface area contributed by atoms with Gasteiger partial charge in [-0.15, -0.1) is 0 Å². The zero-order chi connectivity index (χ0) is 13.8. The Kier molecular flexibility index (Phi) is 4.19. The van der Waals surface area contributed by atoms with Crippen LogP contribution < -0.4 is 11.1 Å². The van der Waals surface area contributed by atoms with Gasteiger partial charge in [-0.25, -0.2) is 13.6 Å². The van der Waals surface area contributed by atoms with Crippen molar-refractivity contribution >= 4 is 17.4 Å². The van der Waals surface area contributed by atoms with Gasteiger partial charge in [-0.1, -0.05) is 12.8 Å². The smallest absolute Gasteiger partial charge is 0.321 e. The van der Waals surface area contributed by atoms with E-state index in [-0.39, 0.29) is 17.4 Å². The highest BCUT2D eigenvalue weighted by molar-refractivity contribution is 5.90. The second-order valence-corrected chi connectivity index (χ2v) is 4.68. The van der Waals surface area contributed by atoms with Crippen LogP contribution in [0.15, 0.2) is 12.1 Å². The minimum atomic E-state index is -0.828. The number of hydrogen-bond acceptors (Lipinski definition) is 2. The molecule has 0 atom stereocenters. The number of nitrogens with two attached hydrogens (primary N) is 1. The van der Waals surface area contributed by atoms with Crippen molar-refractivity contribution in [1.82, 2.24) is 4.90 Å². The van der Waals surface area contributed by atoms with E-state index in [4.69, 9.17) is 5.73 Å².